The molecule has 0 aromatic heterocycles. The van der Waals surface area contributed by atoms with Crippen molar-refractivity contribution in [3.05, 3.63) is 34.4 Å². The van der Waals surface area contributed by atoms with E-state index in [0.29, 0.717) is 17.7 Å². The quantitative estimate of drug-likeness (QED) is 0.603. The van der Waals surface area contributed by atoms with Crippen LogP contribution in [0, 0.1) is 28.1 Å². The Morgan fingerprint density at radius 1 is 1.33 bits per heavy atom. The van der Waals surface area contributed by atoms with Gasteiger partial charge >= 0.3 is 0 Å². The molecule has 15 heavy (non-hydrogen) atoms. The number of nitrogens with zero attached hydrogens (tertiary/aromatic N) is 2. The number of allylic oxidation sites excluding steroid dienone is 6. The van der Waals surface area contributed by atoms with E-state index >= 15 is 0 Å². The minimum absolute atomic E-state index is 0.0663. The largest absolute Gasteiger partial charge is 0.304 e. The molecular weight excluding hydrogens is 186 g/mol. The predicted molar refractivity (Wildman–Crippen MR) is 56.0 cm³/mol. The Bertz CT molecular complexity index is 488. The van der Waals surface area contributed by atoms with Crippen LogP contribution in [0.2, 0.25) is 0 Å². The Hall–Kier alpha value is -2.13. The maximum atomic E-state index is 8.82. The second kappa shape index (κ2) is 3.55. The van der Waals surface area contributed by atoms with Gasteiger partial charge in [-0.25, -0.2) is 0 Å². The van der Waals surface area contributed by atoms with Crippen LogP contribution < -0.4 is 0 Å². The summed E-state index contributed by atoms with van der Waals surface area (Å²) in [6.07, 6.45) is 6.51. The van der Waals surface area contributed by atoms with Gasteiger partial charge in [-0.15, -0.1) is 0 Å². The highest BCUT2D eigenvalue weighted by atomic mass is 14.5. The lowest BCUT2D eigenvalue weighted by Gasteiger charge is -2.07. The fourth-order valence-corrected chi connectivity index (χ4v) is 2.04. The van der Waals surface area contributed by atoms with Crippen molar-refractivity contribution in [1.82, 2.24) is 0 Å². The molecule has 3 heteroatoms. The van der Waals surface area contributed by atoms with Gasteiger partial charge in [0, 0.05) is 17.7 Å². The summed E-state index contributed by atoms with van der Waals surface area (Å²) >= 11 is 0. The topological polar surface area (TPSA) is 71.4 Å². The van der Waals surface area contributed by atoms with Gasteiger partial charge in [-0.2, -0.15) is 10.5 Å². The van der Waals surface area contributed by atoms with Gasteiger partial charge < -0.3 is 5.41 Å². The zero-order chi connectivity index (χ0) is 10.8. The number of rotatable bonds is 0. The highest BCUT2D eigenvalue weighted by Crippen LogP contribution is 2.36. The molecule has 2 rings (SSSR count). The molecule has 0 radical (unpaired) electrons. The molecular formula is C12H9N3. The molecule has 0 saturated heterocycles. The molecule has 0 heterocycles. The summed E-state index contributed by atoms with van der Waals surface area (Å²) in [5.74, 6) is 0. The van der Waals surface area contributed by atoms with Crippen LogP contribution in [0.5, 0.6) is 0 Å². The van der Waals surface area contributed by atoms with Gasteiger partial charge in [0.1, 0.15) is 17.7 Å². The first kappa shape index (κ1) is 9.43. The summed E-state index contributed by atoms with van der Waals surface area (Å²) < 4.78 is 0. The Kier molecular flexibility index (Phi) is 2.23. The predicted octanol–water partition coefficient (Wildman–Crippen LogP) is 2.40. The van der Waals surface area contributed by atoms with Crippen molar-refractivity contribution in [3.63, 3.8) is 0 Å². The summed E-state index contributed by atoms with van der Waals surface area (Å²) in [5.41, 5.74) is 3.15. The van der Waals surface area contributed by atoms with Gasteiger partial charge in [-0.3, -0.25) is 0 Å². The van der Waals surface area contributed by atoms with E-state index in [9.17, 15) is 0 Å². The highest BCUT2D eigenvalue weighted by Gasteiger charge is 2.27. The Balaban J connectivity index is 2.60. The summed E-state index contributed by atoms with van der Waals surface area (Å²) in [6, 6.07) is 3.73. The molecule has 0 aromatic carbocycles. The SMILES string of the molecule is N#CC(C#N)=C1C(=N)CC2=C1C=CCC2. The van der Waals surface area contributed by atoms with E-state index in [1.54, 1.807) is 0 Å². The Morgan fingerprint density at radius 2 is 2.07 bits per heavy atom. The molecule has 0 unspecified atom stereocenters. The molecule has 0 aromatic rings. The molecule has 1 N–H and O–H groups in total. The molecule has 72 valence electrons. The first-order chi connectivity index (χ1) is 7.27. The Morgan fingerprint density at radius 3 is 2.73 bits per heavy atom. The van der Waals surface area contributed by atoms with Gasteiger partial charge in [0.2, 0.25) is 0 Å². The average molecular weight is 195 g/mol. The third-order valence-corrected chi connectivity index (χ3v) is 2.71. The van der Waals surface area contributed by atoms with Crippen LogP contribution in [0.3, 0.4) is 0 Å². The minimum atomic E-state index is 0.0663. The highest BCUT2D eigenvalue weighted by molar-refractivity contribution is 6.09. The van der Waals surface area contributed by atoms with E-state index in [4.69, 9.17) is 15.9 Å². The van der Waals surface area contributed by atoms with E-state index in [1.807, 2.05) is 24.3 Å². The van der Waals surface area contributed by atoms with Crippen molar-refractivity contribution < 1.29 is 0 Å². The van der Waals surface area contributed by atoms with E-state index in [1.165, 1.54) is 5.57 Å². The lowest BCUT2D eigenvalue weighted by atomic mass is 9.96. The zero-order valence-corrected chi connectivity index (χ0v) is 8.17. The van der Waals surface area contributed by atoms with Crippen molar-refractivity contribution in [3.8, 4) is 12.1 Å². The molecule has 0 spiro atoms. The molecule has 0 amide bonds. The smallest absolute Gasteiger partial charge is 0.139 e. The summed E-state index contributed by atoms with van der Waals surface area (Å²) in [6.45, 7) is 0. The fourth-order valence-electron chi connectivity index (χ4n) is 2.04. The minimum Gasteiger partial charge on any atom is -0.304 e. The van der Waals surface area contributed by atoms with E-state index in [0.717, 1.165) is 18.4 Å². The monoisotopic (exact) mass is 195 g/mol. The molecule has 0 bridgehead atoms. The second-order valence-corrected chi connectivity index (χ2v) is 3.59. The van der Waals surface area contributed by atoms with Crippen molar-refractivity contribution in [2.75, 3.05) is 0 Å². The molecule has 2 aliphatic carbocycles. The molecule has 0 fully saturated rings. The molecule has 0 aliphatic heterocycles. The second-order valence-electron chi connectivity index (χ2n) is 3.59. The van der Waals surface area contributed by atoms with Crippen LogP contribution in [-0.2, 0) is 0 Å². The van der Waals surface area contributed by atoms with Crippen LogP contribution >= 0.6 is 0 Å². The van der Waals surface area contributed by atoms with Crippen LogP contribution in [0.25, 0.3) is 0 Å². The average Bonchev–Trinajstić information content (AvgIpc) is 2.58. The molecule has 2 aliphatic rings. The zero-order valence-electron chi connectivity index (χ0n) is 8.17. The molecule has 0 atom stereocenters. The maximum Gasteiger partial charge on any atom is 0.139 e. The normalized spacial score (nSPS) is 18.5. The van der Waals surface area contributed by atoms with Crippen molar-refractivity contribution in [1.29, 1.82) is 15.9 Å². The number of nitrogens with one attached hydrogen (secondary N) is 1. The third kappa shape index (κ3) is 1.39. The standard InChI is InChI=1S/C12H9N3/c13-6-9(7-14)12-10-4-2-1-3-8(10)5-11(12)15/h2,4,15H,1,3,5H2. The summed E-state index contributed by atoms with van der Waals surface area (Å²) in [5, 5.41) is 25.4. The van der Waals surface area contributed by atoms with Gasteiger partial charge in [-0.1, -0.05) is 17.7 Å². The van der Waals surface area contributed by atoms with Gasteiger partial charge in [-0.05, 0) is 18.4 Å². The number of hydrogen-bond acceptors (Lipinski definition) is 3. The number of hydrogen-bond donors (Lipinski definition) is 1. The third-order valence-electron chi connectivity index (χ3n) is 2.71. The van der Waals surface area contributed by atoms with E-state index < -0.39 is 0 Å². The first-order valence-electron chi connectivity index (χ1n) is 4.79. The van der Waals surface area contributed by atoms with E-state index in [2.05, 4.69) is 0 Å². The van der Waals surface area contributed by atoms with Crippen LogP contribution in [-0.4, -0.2) is 5.71 Å². The van der Waals surface area contributed by atoms with E-state index in [-0.39, 0.29) is 5.57 Å². The first-order valence-corrected chi connectivity index (χ1v) is 4.79. The summed E-state index contributed by atoms with van der Waals surface area (Å²) in [4.78, 5) is 0. The van der Waals surface area contributed by atoms with Crippen LogP contribution in [0.1, 0.15) is 19.3 Å². The van der Waals surface area contributed by atoms with Crippen molar-refractivity contribution in [2.24, 2.45) is 0 Å². The van der Waals surface area contributed by atoms with Gasteiger partial charge in [0.25, 0.3) is 0 Å². The van der Waals surface area contributed by atoms with Gasteiger partial charge in [0.15, 0.2) is 0 Å². The van der Waals surface area contributed by atoms with Crippen LogP contribution in [0.4, 0.5) is 0 Å². The maximum absolute atomic E-state index is 8.82. The fraction of sp³-hybridized carbons (Fsp3) is 0.250. The van der Waals surface area contributed by atoms with Crippen LogP contribution in [0.15, 0.2) is 34.4 Å². The van der Waals surface area contributed by atoms with Crippen molar-refractivity contribution >= 4 is 5.71 Å². The molecule has 0 saturated carbocycles. The summed E-state index contributed by atoms with van der Waals surface area (Å²) in [7, 11) is 0. The molecule has 3 nitrogen and oxygen atoms in total. The lowest BCUT2D eigenvalue weighted by molar-refractivity contribution is 0.936. The Labute approximate surface area is 88.1 Å². The number of nitriles is 2. The lowest BCUT2D eigenvalue weighted by Crippen LogP contribution is -1.98. The van der Waals surface area contributed by atoms with Gasteiger partial charge in [0.05, 0.1) is 0 Å². The van der Waals surface area contributed by atoms with Crippen molar-refractivity contribution in [2.45, 2.75) is 19.3 Å².